The van der Waals surface area contributed by atoms with E-state index in [4.69, 9.17) is 0 Å². The van der Waals surface area contributed by atoms with Crippen molar-refractivity contribution in [1.82, 2.24) is 5.32 Å². The van der Waals surface area contributed by atoms with Gasteiger partial charge in [0.1, 0.15) is 0 Å². The number of carbonyl (C=O) groups excluding carboxylic acids is 1. The monoisotopic (exact) mass is 467 g/mol. The summed E-state index contributed by atoms with van der Waals surface area (Å²) in [7, 11) is 0. The lowest BCUT2D eigenvalue weighted by atomic mass is 9.70. The van der Waals surface area contributed by atoms with E-state index in [1.54, 1.807) is 6.08 Å². The average Bonchev–Trinajstić information content (AvgIpc) is 2.81. The first-order valence-electron chi connectivity index (χ1n) is 12.4. The summed E-state index contributed by atoms with van der Waals surface area (Å²) in [5.74, 6) is -0.125. The van der Waals surface area contributed by atoms with Gasteiger partial charge in [-0.05, 0) is 86.8 Å². The van der Waals surface area contributed by atoms with Crippen molar-refractivity contribution < 1.29 is 4.79 Å². The molecule has 0 saturated carbocycles. The normalized spacial score (nSPS) is 18.9. The van der Waals surface area contributed by atoms with Crippen LogP contribution in [-0.4, -0.2) is 5.91 Å². The lowest BCUT2D eigenvalue weighted by molar-refractivity contribution is -0.115. The number of hydrogen-bond donors (Lipinski definition) is 1. The molecule has 0 fully saturated rings. The van der Waals surface area contributed by atoms with E-state index >= 15 is 0 Å². The minimum atomic E-state index is -0.125. The summed E-state index contributed by atoms with van der Waals surface area (Å²) < 4.78 is 0. The van der Waals surface area contributed by atoms with Crippen molar-refractivity contribution >= 4 is 12.0 Å². The van der Waals surface area contributed by atoms with Crippen molar-refractivity contribution in [2.45, 2.75) is 61.3 Å². The van der Waals surface area contributed by atoms with Crippen molar-refractivity contribution in [2.75, 3.05) is 0 Å². The van der Waals surface area contributed by atoms with Crippen LogP contribution in [0.4, 0.5) is 0 Å². The Labute approximate surface area is 212 Å². The van der Waals surface area contributed by atoms with Gasteiger partial charge in [-0.3, -0.25) is 4.79 Å². The number of amides is 1. The fraction of sp³-hybridized carbons (Fsp3) is 0.303. The zero-order valence-electron chi connectivity index (χ0n) is 22.5. The number of allylic oxidation sites excluding steroid dienone is 13. The highest BCUT2D eigenvalue weighted by Crippen LogP contribution is 2.43. The van der Waals surface area contributed by atoms with Crippen molar-refractivity contribution in [2.24, 2.45) is 5.41 Å². The summed E-state index contributed by atoms with van der Waals surface area (Å²) in [6, 6.07) is 10.6. The summed E-state index contributed by atoms with van der Waals surface area (Å²) in [4.78, 5) is 12.2. The molecule has 1 aromatic carbocycles. The Hall–Kier alpha value is -3.39. The summed E-state index contributed by atoms with van der Waals surface area (Å²) in [5, 5.41) is 2.87. The molecule has 2 heteroatoms. The van der Waals surface area contributed by atoms with Crippen molar-refractivity contribution in [3.8, 4) is 0 Å². The third-order valence-electron chi connectivity index (χ3n) is 6.29. The van der Waals surface area contributed by atoms with Crippen molar-refractivity contribution in [3.63, 3.8) is 0 Å². The lowest BCUT2D eigenvalue weighted by Crippen LogP contribution is -2.20. The van der Waals surface area contributed by atoms with E-state index in [1.807, 2.05) is 51.2 Å². The maximum absolute atomic E-state index is 12.2. The molecule has 184 valence electrons. The molecule has 1 aliphatic carbocycles. The molecule has 1 aromatic rings. The van der Waals surface area contributed by atoms with Gasteiger partial charge in [0.05, 0.1) is 0 Å². The summed E-state index contributed by atoms with van der Waals surface area (Å²) in [6.07, 6.45) is 22.3. The van der Waals surface area contributed by atoms with Crippen LogP contribution in [0, 0.1) is 5.41 Å². The predicted molar refractivity (Wildman–Crippen MR) is 153 cm³/mol. The number of rotatable bonds is 8. The number of carbonyl (C=O) groups is 1. The zero-order valence-corrected chi connectivity index (χ0v) is 22.5. The van der Waals surface area contributed by atoms with Gasteiger partial charge in [-0.2, -0.15) is 0 Å². The molecule has 2 rings (SSSR count). The first-order chi connectivity index (χ1) is 16.7. The SMILES string of the molecule is C/C=C\C(=C/C)NC(=O)\C=C(C)/C=C/C=C(C)/C=C/C1=C(C)C(=C/c2ccccc2)/CCC1(C)C. The standard InChI is InChI=1S/C33H41NO/c1-8-14-30(9-2)34-32(35)23-26(4)16-13-15-25(3)19-20-31-27(5)29(21-22-33(31,6)7)24-28-17-11-10-12-18-28/h8-20,23-24H,21-22H2,1-7H3,(H,34,35)/b14-8-,16-13+,20-19+,25-15+,26-23-,29-24+,30-9+. The molecular weight excluding hydrogens is 426 g/mol. The summed E-state index contributed by atoms with van der Waals surface area (Å²) in [5.41, 5.74) is 8.47. The second kappa shape index (κ2) is 13.5. The molecule has 1 aliphatic rings. The zero-order chi connectivity index (χ0) is 25.8. The van der Waals surface area contributed by atoms with Crippen molar-refractivity contribution in [3.05, 3.63) is 124 Å². The van der Waals surface area contributed by atoms with Gasteiger partial charge < -0.3 is 5.32 Å². The second-order valence-electron chi connectivity index (χ2n) is 9.73. The average molecular weight is 468 g/mol. The molecule has 1 amide bonds. The third kappa shape index (κ3) is 9.05. The smallest absolute Gasteiger partial charge is 0.248 e. The fourth-order valence-corrected chi connectivity index (χ4v) is 4.18. The first kappa shape index (κ1) is 27.9. The summed E-state index contributed by atoms with van der Waals surface area (Å²) >= 11 is 0. The Bertz CT molecular complexity index is 1130. The van der Waals surface area contributed by atoms with Crippen LogP contribution in [0.25, 0.3) is 6.08 Å². The topological polar surface area (TPSA) is 29.1 Å². The molecule has 1 N–H and O–H groups in total. The Morgan fingerprint density at radius 1 is 1.00 bits per heavy atom. The van der Waals surface area contributed by atoms with E-state index in [1.165, 1.54) is 22.3 Å². The van der Waals surface area contributed by atoms with E-state index in [9.17, 15) is 4.79 Å². The fourth-order valence-electron chi connectivity index (χ4n) is 4.18. The Morgan fingerprint density at radius 3 is 2.37 bits per heavy atom. The number of benzene rings is 1. The lowest BCUT2D eigenvalue weighted by Gasteiger charge is -2.34. The maximum Gasteiger partial charge on any atom is 0.248 e. The molecule has 35 heavy (non-hydrogen) atoms. The Morgan fingerprint density at radius 2 is 1.71 bits per heavy atom. The quantitative estimate of drug-likeness (QED) is 0.300. The first-order valence-corrected chi connectivity index (χ1v) is 12.4. The van der Waals surface area contributed by atoms with Gasteiger partial charge >= 0.3 is 0 Å². The molecule has 0 aromatic heterocycles. The highest BCUT2D eigenvalue weighted by Gasteiger charge is 2.28. The van der Waals surface area contributed by atoms with Crippen molar-refractivity contribution in [1.29, 1.82) is 0 Å². The molecule has 0 atom stereocenters. The van der Waals surface area contributed by atoms with Gasteiger partial charge in [-0.25, -0.2) is 0 Å². The van der Waals surface area contributed by atoms with Gasteiger partial charge in [0.25, 0.3) is 0 Å². The largest absolute Gasteiger partial charge is 0.323 e. The van der Waals surface area contributed by atoms with Crippen LogP contribution in [0.2, 0.25) is 0 Å². The van der Waals surface area contributed by atoms with Crippen LogP contribution in [0.1, 0.15) is 66.9 Å². The molecular formula is C33H41NO. The number of nitrogens with one attached hydrogen (secondary N) is 1. The van der Waals surface area contributed by atoms with E-state index in [-0.39, 0.29) is 11.3 Å². The van der Waals surface area contributed by atoms with E-state index in [2.05, 4.69) is 87.6 Å². The van der Waals surface area contributed by atoms with Crippen LogP contribution in [-0.2, 0) is 4.79 Å². The highest BCUT2D eigenvalue weighted by atomic mass is 16.1. The molecule has 0 spiro atoms. The second-order valence-corrected chi connectivity index (χ2v) is 9.73. The molecule has 2 nitrogen and oxygen atoms in total. The molecule has 0 saturated heterocycles. The van der Waals surface area contributed by atoms with Crippen LogP contribution < -0.4 is 5.32 Å². The van der Waals surface area contributed by atoms with Gasteiger partial charge in [-0.1, -0.05) is 98.4 Å². The van der Waals surface area contributed by atoms with Crippen LogP contribution in [0.5, 0.6) is 0 Å². The van der Waals surface area contributed by atoms with Crippen LogP contribution >= 0.6 is 0 Å². The van der Waals surface area contributed by atoms with Gasteiger partial charge in [-0.15, -0.1) is 0 Å². The molecule has 0 aliphatic heterocycles. The molecule has 0 bridgehead atoms. The van der Waals surface area contributed by atoms with Gasteiger partial charge in [0.15, 0.2) is 0 Å². The van der Waals surface area contributed by atoms with E-state index in [0.29, 0.717) is 0 Å². The van der Waals surface area contributed by atoms with Crippen LogP contribution in [0.15, 0.2) is 119 Å². The highest BCUT2D eigenvalue weighted by molar-refractivity contribution is 5.90. The van der Waals surface area contributed by atoms with Crippen LogP contribution in [0.3, 0.4) is 0 Å². The minimum Gasteiger partial charge on any atom is -0.323 e. The number of hydrogen-bond acceptors (Lipinski definition) is 1. The Kier molecular flexibility index (Phi) is 10.7. The maximum atomic E-state index is 12.2. The van der Waals surface area contributed by atoms with Gasteiger partial charge in [0.2, 0.25) is 5.91 Å². The van der Waals surface area contributed by atoms with E-state index in [0.717, 1.165) is 29.7 Å². The third-order valence-corrected chi connectivity index (χ3v) is 6.29. The van der Waals surface area contributed by atoms with Gasteiger partial charge in [0, 0.05) is 11.8 Å². The molecule has 0 radical (unpaired) electrons. The Balaban J connectivity index is 2.14. The van der Waals surface area contributed by atoms with E-state index < -0.39 is 0 Å². The molecule has 0 unspecified atom stereocenters. The minimum absolute atomic E-state index is 0.125. The predicted octanol–water partition coefficient (Wildman–Crippen LogP) is 8.81. The summed E-state index contributed by atoms with van der Waals surface area (Å²) in [6.45, 7) is 14.8. The molecule has 0 heterocycles.